The number of thiophene rings is 1. The molecule has 0 aromatic carbocycles. The number of ether oxygens (including phenoxy) is 1. The topological polar surface area (TPSA) is 95.9 Å². The number of hydrogen-bond donors (Lipinski definition) is 1. The highest BCUT2D eigenvalue weighted by Gasteiger charge is 2.38. The molecule has 5 rings (SSSR count). The lowest BCUT2D eigenvalue weighted by Gasteiger charge is -2.39. The minimum atomic E-state index is -0.957. The molecule has 2 aliphatic carbocycles. The number of rotatable bonds is 7. The van der Waals surface area contributed by atoms with Crippen molar-refractivity contribution >= 4 is 34.7 Å². The third-order valence-corrected chi connectivity index (χ3v) is 9.99. The quantitative estimate of drug-likeness (QED) is 0.421. The maximum atomic E-state index is 14.1. The summed E-state index contributed by atoms with van der Waals surface area (Å²) >= 11 is 1.31. The Labute approximate surface area is 235 Å². The largest absolute Gasteiger partial charge is 0.477 e. The SMILES string of the molecule is CC(C)(C)c1cc(N(C(=O)C2CCCCC2)C2CCC(Oc3cc(N4CCCC4)ncn3)CC2)c(C(=O)O)s1. The van der Waals surface area contributed by atoms with Gasteiger partial charge in [0.25, 0.3) is 0 Å². The van der Waals surface area contributed by atoms with Gasteiger partial charge in [0.2, 0.25) is 11.8 Å². The van der Waals surface area contributed by atoms with Crippen LogP contribution in [0.3, 0.4) is 0 Å². The van der Waals surface area contributed by atoms with Crippen molar-refractivity contribution in [2.75, 3.05) is 22.9 Å². The van der Waals surface area contributed by atoms with E-state index in [0.29, 0.717) is 11.6 Å². The lowest BCUT2D eigenvalue weighted by atomic mass is 9.85. The molecule has 212 valence electrons. The molecule has 1 saturated heterocycles. The van der Waals surface area contributed by atoms with E-state index < -0.39 is 5.97 Å². The van der Waals surface area contributed by atoms with E-state index in [1.54, 1.807) is 6.33 Å². The number of carboxylic acids is 1. The van der Waals surface area contributed by atoms with E-state index in [0.717, 1.165) is 75.2 Å². The summed E-state index contributed by atoms with van der Waals surface area (Å²) in [4.78, 5) is 40.6. The van der Waals surface area contributed by atoms with Crippen LogP contribution in [0.2, 0.25) is 0 Å². The monoisotopic (exact) mass is 554 g/mol. The van der Waals surface area contributed by atoms with Crippen molar-refractivity contribution in [1.29, 1.82) is 0 Å². The van der Waals surface area contributed by atoms with Gasteiger partial charge in [-0.05, 0) is 62.8 Å². The molecule has 1 amide bonds. The highest BCUT2D eigenvalue weighted by Crippen LogP contribution is 2.41. The predicted molar refractivity (Wildman–Crippen MR) is 154 cm³/mol. The number of anilines is 2. The van der Waals surface area contributed by atoms with E-state index >= 15 is 0 Å². The fraction of sp³-hybridized carbons (Fsp3) is 0.667. The molecule has 0 radical (unpaired) electrons. The van der Waals surface area contributed by atoms with Crippen LogP contribution in [0.4, 0.5) is 11.5 Å². The molecule has 8 nitrogen and oxygen atoms in total. The molecule has 0 bridgehead atoms. The second kappa shape index (κ2) is 11.8. The van der Waals surface area contributed by atoms with Crippen LogP contribution >= 0.6 is 11.3 Å². The minimum absolute atomic E-state index is 0.0146. The van der Waals surface area contributed by atoms with Gasteiger partial charge in [0.15, 0.2) is 0 Å². The molecular weight excluding hydrogens is 512 g/mol. The van der Waals surface area contributed by atoms with Crippen molar-refractivity contribution < 1.29 is 19.4 Å². The summed E-state index contributed by atoms with van der Waals surface area (Å²) in [6.45, 7) is 8.31. The van der Waals surface area contributed by atoms with Gasteiger partial charge in [-0.25, -0.2) is 14.8 Å². The zero-order chi connectivity index (χ0) is 27.6. The standard InChI is InChI=1S/C30H42N4O4S/c1-30(2,3)24-17-23(27(39-24)29(36)37)34(28(35)20-9-5-4-6-10-20)21-11-13-22(14-12-21)38-26-18-25(31-19-32-26)33-15-7-8-16-33/h17-22H,4-16H2,1-3H3,(H,36,37). The van der Waals surface area contributed by atoms with Crippen LogP contribution in [0.1, 0.15) is 106 Å². The Morgan fingerprint density at radius 3 is 2.31 bits per heavy atom. The van der Waals surface area contributed by atoms with Crippen LogP contribution in [0, 0.1) is 5.92 Å². The molecule has 0 unspecified atom stereocenters. The number of hydrogen-bond acceptors (Lipinski definition) is 7. The fourth-order valence-corrected chi connectivity index (χ4v) is 7.28. The van der Waals surface area contributed by atoms with E-state index in [1.807, 2.05) is 17.0 Å². The van der Waals surface area contributed by atoms with Gasteiger partial charge in [-0.3, -0.25) is 4.79 Å². The normalized spacial score (nSPS) is 22.6. The van der Waals surface area contributed by atoms with Gasteiger partial charge in [-0.15, -0.1) is 11.3 Å². The first-order valence-electron chi connectivity index (χ1n) is 14.6. The highest BCUT2D eigenvalue weighted by molar-refractivity contribution is 7.14. The molecular formula is C30H42N4O4S. The Bertz CT molecular complexity index is 1160. The summed E-state index contributed by atoms with van der Waals surface area (Å²) in [5.74, 6) is 0.639. The van der Waals surface area contributed by atoms with Crippen molar-refractivity contribution in [1.82, 2.24) is 9.97 Å². The first-order chi connectivity index (χ1) is 18.7. The molecule has 2 saturated carbocycles. The van der Waals surface area contributed by atoms with E-state index in [9.17, 15) is 14.7 Å². The number of carbonyl (C=O) groups is 2. The molecule has 3 heterocycles. The predicted octanol–water partition coefficient (Wildman–Crippen LogP) is 6.44. The Hall–Kier alpha value is -2.68. The Kier molecular flexibility index (Phi) is 8.45. The van der Waals surface area contributed by atoms with Crippen LogP contribution in [-0.2, 0) is 10.2 Å². The number of amides is 1. The van der Waals surface area contributed by atoms with Gasteiger partial charge in [-0.1, -0.05) is 40.0 Å². The van der Waals surface area contributed by atoms with Crippen molar-refractivity contribution in [3.8, 4) is 5.88 Å². The zero-order valence-corrected chi connectivity index (χ0v) is 24.3. The van der Waals surface area contributed by atoms with Crippen LogP contribution in [0.15, 0.2) is 18.5 Å². The fourth-order valence-electron chi connectivity index (χ4n) is 6.23. The third kappa shape index (κ3) is 6.39. The second-order valence-electron chi connectivity index (χ2n) is 12.4. The summed E-state index contributed by atoms with van der Waals surface area (Å²) in [5.41, 5.74) is 0.396. The number of aromatic carboxylic acids is 1. The summed E-state index contributed by atoms with van der Waals surface area (Å²) in [7, 11) is 0. The average Bonchev–Trinajstić information content (AvgIpc) is 3.62. The van der Waals surface area contributed by atoms with Crippen molar-refractivity contribution in [2.45, 2.75) is 109 Å². The molecule has 1 N–H and O–H groups in total. The summed E-state index contributed by atoms with van der Waals surface area (Å²) in [6.07, 6.45) is 12.2. The third-order valence-electron chi connectivity index (χ3n) is 8.45. The smallest absolute Gasteiger partial charge is 0.348 e. The van der Waals surface area contributed by atoms with Gasteiger partial charge in [-0.2, -0.15) is 0 Å². The number of aromatic nitrogens is 2. The van der Waals surface area contributed by atoms with Gasteiger partial charge in [0, 0.05) is 36.0 Å². The maximum absolute atomic E-state index is 14.1. The van der Waals surface area contributed by atoms with E-state index in [1.165, 1.54) is 30.6 Å². The van der Waals surface area contributed by atoms with Crippen molar-refractivity contribution in [3.05, 3.63) is 28.2 Å². The van der Waals surface area contributed by atoms with E-state index in [2.05, 4.69) is 35.6 Å². The van der Waals surface area contributed by atoms with E-state index in [-0.39, 0.29) is 34.3 Å². The molecule has 0 spiro atoms. The maximum Gasteiger partial charge on any atom is 0.348 e. The summed E-state index contributed by atoms with van der Waals surface area (Å²) in [5, 5.41) is 10.1. The molecule has 3 fully saturated rings. The highest BCUT2D eigenvalue weighted by atomic mass is 32.1. The molecule has 0 atom stereocenters. The van der Waals surface area contributed by atoms with Gasteiger partial charge < -0.3 is 19.6 Å². The molecule has 39 heavy (non-hydrogen) atoms. The Balaban J connectivity index is 1.34. The molecule has 2 aromatic heterocycles. The average molecular weight is 555 g/mol. The summed E-state index contributed by atoms with van der Waals surface area (Å²) in [6, 6.07) is 3.87. The number of nitrogens with zero attached hydrogens (tertiary/aromatic N) is 4. The molecule has 1 aliphatic heterocycles. The van der Waals surface area contributed by atoms with Gasteiger partial charge in [0.05, 0.1) is 5.69 Å². The Morgan fingerprint density at radius 1 is 0.974 bits per heavy atom. The van der Waals surface area contributed by atoms with Gasteiger partial charge >= 0.3 is 5.97 Å². The lowest BCUT2D eigenvalue weighted by molar-refractivity contribution is -0.124. The van der Waals surface area contributed by atoms with Crippen molar-refractivity contribution in [3.63, 3.8) is 0 Å². The lowest BCUT2D eigenvalue weighted by Crippen LogP contribution is -2.47. The Morgan fingerprint density at radius 2 is 1.67 bits per heavy atom. The molecule has 2 aromatic rings. The number of carboxylic acid groups (broad SMARTS) is 1. The second-order valence-corrected chi connectivity index (χ2v) is 13.4. The number of carbonyl (C=O) groups excluding carboxylic acids is 1. The van der Waals surface area contributed by atoms with Crippen molar-refractivity contribution in [2.24, 2.45) is 5.92 Å². The van der Waals surface area contributed by atoms with Crippen LogP contribution in [0.25, 0.3) is 0 Å². The minimum Gasteiger partial charge on any atom is -0.477 e. The molecule has 9 heteroatoms. The van der Waals surface area contributed by atoms with E-state index in [4.69, 9.17) is 4.74 Å². The molecule has 3 aliphatic rings. The zero-order valence-electron chi connectivity index (χ0n) is 23.5. The van der Waals surface area contributed by atoms with Crippen LogP contribution < -0.4 is 14.5 Å². The van der Waals surface area contributed by atoms with Crippen LogP contribution in [-0.4, -0.2) is 52.2 Å². The first kappa shape index (κ1) is 27.9. The van der Waals surface area contributed by atoms with Gasteiger partial charge in [0.1, 0.15) is 23.1 Å². The van der Waals surface area contributed by atoms with Crippen LogP contribution in [0.5, 0.6) is 5.88 Å². The first-order valence-corrected chi connectivity index (χ1v) is 15.5. The summed E-state index contributed by atoms with van der Waals surface area (Å²) < 4.78 is 6.30.